The molecule has 11 heteroatoms. The fourth-order valence-corrected chi connectivity index (χ4v) is 4.33. The first-order valence-corrected chi connectivity index (χ1v) is 12.5. The van der Waals surface area contributed by atoms with Crippen LogP contribution >= 0.6 is 0 Å². The zero-order valence-corrected chi connectivity index (χ0v) is 21.8. The number of alkyl carbamates (subject to hydrolysis) is 1. The van der Waals surface area contributed by atoms with E-state index < -0.39 is 34.4 Å². The number of fused-ring (bicyclic) bond motifs is 1. The van der Waals surface area contributed by atoms with Gasteiger partial charge in [0.1, 0.15) is 18.2 Å². The third kappa shape index (κ3) is 6.81. The van der Waals surface area contributed by atoms with Crippen molar-refractivity contribution in [3.8, 4) is 0 Å². The summed E-state index contributed by atoms with van der Waals surface area (Å²) in [5.74, 6) is -1.34. The van der Waals surface area contributed by atoms with E-state index in [1.165, 1.54) is 31.2 Å². The van der Waals surface area contributed by atoms with Crippen LogP contribution in [0.2, 0.25) is 0 Å². The lowest BCUT2D eigenvalue weighted by molar-refractivity contribution is -0.384. The quantitative estimate of drug-likeness (QED) is 0.167. The van der Waals surface area contributed by atoms with Gasteiger partial charge in [0.2, 0.25) is 11.8 Å². The number of nitrogens with one attached hydrogen (secondary N) is 3. The molecule has 0 saturated carbocycles. The lowest BCUT2D eigenvalue weighted by atomic mass is 9.91. The number of hydrogen-bond donors (Lipinski definition) is 4. The number of amides is 3. The van der Waals surface area contributed by atoms with E-state index in [4.69, 9.17) is 10.5 Å². The molecule has 0 unspecified atom stereocenters. The molecule has 4 aromatic rings. The highest BCUT2D eigenvalue weighted by Crippen LogP contribution is 2.20. The standard InChI is InChI=1S/C29H29N5O6/c1-29(27(30)36,16-19-7-3-2-4-8-19)33-26(35)25(15-21-17-31-24-10-6-5-9-23(21)24)32-28(37)40-18-20-11-13-22(14-12-20)34(38)39/h2-14,17,25,31H,15-16,18H2,1H3,(H2,30,36)(H,32,37)(H,33,35)/t25-,29+/m0/s1. The van der Waals surface area contributed by atoms with Gasteiger partial charge in [-0.15, -0.1) is 0 Å². The van der Waals surface area contributed by atoms with E-state index in [0.29, 0.717) is 5.56 Å². The summed E-state index contributed by atoms with van der Waals surface area (Å²) in [5.41, 5.74) is 7.16. The molecule has 11 nitrogen and oxygen atoms in total. The average Bonchev–Trinajstić information content (AvgIpc) is 3.35. The Balaban J connectivity index is 1.52. The van der Waals surface area contributed by atoms with Gasteiger partial charge >= 0.3 is 6.09 Å². The summed E-state index contributed by atoms with van der Waals surface area (Å²) in [4.78, 5) is 52.3. The number of primary amides is 1. The van der Waals surface area contributed by atoms with Crippen LogP contribution in [0.4, 0.5) is 10.5 Å². The molecule has 0 radical (unpaired) electrons. The summed E-state index contributed by atoms with van der Waals surface area (Å²) < 4.78 is 5.29. The zero-order valence-electron chi connectivity index (χ0n) is 21.8. The Morgan fingerprint density at radius 2 is 1.68 bits per heavy atom. The molecule has 40 heavy (non-hydrogen) atoms. The molecule has 2 atom stereocenters. The van der Waals surface area contributed by atoms with Crippen LogP contribution in [-0.4, -0.2) is 39.4 Å². The fourth-order valence-electron chi connectivity index (χ4n) is 4.33. The number of para-hydroxylation sites is 1. The van der Waals surface area contributed by atoms with Crippen molar-refractivity contribution in [2.45, 2.75) is 38.0 Å². The number of benzene rings is 3. The maximum atomic E-state index is 13.6. The van der Waals surface area contributed by atoms with Gasteiger partial charge in [0.25, 0.3) is 5.69 Å². The molecule has 206 valence electrons. The van der Waals surface area contributed by atoms with E-state index in [-0.39, 0.29) is 25.1 Å². The van der Waals surface area contributed by atoms with Gasteiger partial charge in [0.05, 0.1) is 4.92 Å². The number of nitrogens with zero attached hydrogens (tertiary/aromatic N) is 1. The van der Waals surface area contributed by atoms with Crippen LogP contribution in [0.3, 0.4) is 0 Å². The number of aromatic nitrogens is 1. The maximum absolute atomic E-state index is 13.6. The molecule has 0 aliphatic carbocycles. The number of nitro groups is 1. The molecule has 5 N–H and O–H groups in total. The first-order valence-electron chi connectivity index (χ1n) is 12.5. The summed E-state index contributed by atoms with van der Waals surface area (Å²) in [6.45, 7) is 1.37. The molecule has 0 fully saturated rings. The minimum absolute atomic E-state index is 0.0864. The monoisotopic (exact) mass is 543 g/mol. The maximum Gasteiger partial charge on any atom is 0.408 e. The van der Waals surface area contributed by atoms with Crippen molar-refractivity contribution in [1.82, 2.24) is 15.6 Å². The lowest BCUT2D eigenvalue weighted by Gasteiger charge is -2.30. The summed E-state index contributed by atoms with van der Waals surface area (Å²) in [5, 5.41) is 17.1. The third-order valence-corrected chi connectivity index (χ3v) is 6.57. The largest absolute Gasteiger partial charge is 0.445 e. The number of H-pyrrole nitrogens is 1. The Labute approximate surface area is 229 Å². The molecule has 3 amide bonds. The van der Waals surface area contributed by atoms with Crippen LogP contribution in [0.15, 0.2) is 85.1 Å². The van der Waals surface area contributed by atoms with Gasteiger partial charge in [-0.05, 0) is 41.8 Å². The third-order valence-electron chi connectivity index (χ3n) is 6.57. The number of nitrogens with two attached hydrogens (primary N) is 1. The SMILES string of the molecule is C[C@](Cc1ccccc1)(NC(=O)[C@H](Cc1c[nH]c2ccccc12)NC(=O)OCc1ccc([N+](=O)[O-])cc1)C(N)=O. The first kappa shape index (κ1) is 27.8. The topological polar surface area (TPSA) is 169 Å². The Morgan fingerprint density at radius 3 is 2.35 bits per heavy atom. The normalized spacial score (nSPS) is 13.1. The van der Waals surface area contributed by atoms with Gasteiger partial charge < -0.3 is 26.1 Å². The number of carbonyl (C=O) groups excluding carboxylic acids is 3. The number of aromatic amines is 1. The van der Waals surface area contributed by atoms with Crippen molar-refractivity contribution in [2.75, 3.05) is 0 Å². The highest BCUT2D eigenvalue weighted by atomic mass is 16.6. The predicted molar refractivity (Wildman–Crippen MR) is 148 cm³/mol. The summed E-state index contributed by atoms with van der Waals surface area (Å²) in [6.07, 6.45) is 1.14. The Hall–Kier alpha value is -5.19. The van der Waals surface area contributed by atoms with E-state index in [0.717, 1.165) is 22.0 Å². The van der Waals surface area contributed by atoms with Crippen LogP contribution in [0.1, 0.15) is 23.6 Å². The van der Waals surface area contributed by atoms with E-state index in [2.05, 4.69) is 15.6 Å². The van der Waals surface area contributed by atoms with Gasteiger partial charge in [-0.3, -0.25) is 19.7 Å². The van der Waals surface area contributed by atoms with Crippen LogP contribution in [0.5, 0.6) is 0 Å². The van der Waals surface area contributed by atoms with Crippen LogP contribution in [0.25, 0.3) is 10.9 Å². The highest BCUT2D eigenvalue weighted by molar-refractivity contribution is 5.94. The van der Waals surface area contributed by atoms with Crippen molar-refractivity contribution in [3.63, 3.8) is 0 Å². The number of nitro benzene ring substituents is 1. The summed E-state index contributed by atoms with van der Waals surface area (Å²) in [6, 6.07) is 21.1. The van der Waals surface area contributed by atoms with E-state index in [1.54, 1.807) is 6.20 Å². The molecule has 0 aliphatic rings. The smallest absolute Gasteiger partial charge is 0.408 e. The van der Waals surface area contributed by atoms with Crippen molar-refractivity contribution < 1.29 is 24.0 Å². The molecule has 0 bridgehead atoms. The Bertz CT molecular complexity index is 1520. The van der Waals surface area contributed by atoms with Crippen molar-refractivity contribution >= 4 is 34.5 Å². The van der Waals surface area contributed by atoms with Crippen molar-refractivity contribution in [1.29, 1.82) is 0 Å². The molecule has 0 saturated heterocycles. The minimum atomic E-state index is -1.43. The Morgan fingerprint density at radius 1 is 1.00 bits per heavy atom. The summed E-state index contributed by atoms with van der Waals surface area (Å²) in [7, 11) is 0. The predicted octanol–water partition coefficient (Wildman–Crippen LogP) is 3.52. The van der Waals surface area contributed by atoms with E-state index in [9.17, 15) is 24.5 Å². The van der Waals surface area contributed by atoms with Crippen LogP contribution in [0, 0.1) is 10.1 Å². The van der Waals surface area contributed by atoms with Crippen LogP contribution in [-0.2, 0) is 33.8 Å². The zero-order chi connectivity index (χ0) is 28.7. The second kappa shape index (κ2) is 12.1. The van der Waals surface area contributed by atoms with Gasteiger partial charge in [-0.25, -0.2) is 4.79 Å². The van der Waals surface area contributed by atoms with Gasteiger partial charge in [0, 0.05) is 42.1 Å². The minimum Gasteiger partial charge on any atom is -0.445 e. The second-order valence-corrected chi connectivity index (χ2v) is 9.61. The summed E-state index contributed by atoms with van der Waals surface area (Å²) >= 11 is 0. The molecule has 4 rings (SSSR count). The second-order valence-electron chi connectivity index (χ2n) is 9.61. The molecule has 3 aromatic carbocycles. The van der Waals surface area contributed by atoms with Gasteiger partial charge in [-0.2, -0.15) is 0 Å². The van der Waals surface area contributed by atoms with Gasteiger partial charge in [-0.1, -0.05) is 48.5 Å². The molecule has 0 spiro atoms. The molecule has 1 heterocycles. The molecular formula is C29H29N5O6. The number of rotatable bonds is 11. The first-order chi connectivity index (χ1) is 19.1. The van der Waals surface area contributed by atoms with E-state index in [1.807, 2.05) is 54.6 Å². The van der Waals surface area contributed by atoms with Crippen LogP contribution < -0.4 is 16.4 Å². The number of ether oxygens (including phenoxy) is 1. The van der Waals surface area contributed by atoms with E-state index >= 15 is 0 Å². The fraction of sp³-hybridized carbons (Fsp3) is 0.207. The molecule has 1 aromatic heterocycles. The molecular weight excluding hydrogens is 514 g/mol. The number of hydrogen-bond acceptors (Lipinski definition) is 6. The number of carbonyl (C=O) groups is 3. The van der Waals surface area contributed by atoms with Crippen molar-refractivity contribution in [3.05, 3.63) is 112 Å². The lowest BCUT2D eigenvalue weighted by Crippen LogP contribution is -2.61. The Kier molecular flexibility index (Phi) is 8.43. The van der Waals surface area contributed by atoms with Gasteiger partial charge in [0.15, 0.2) is 0 Å². The average molecular weight is 544 g/mol. The highest BCUT2D eigenvalue weighted by Gasteiger charge is 2.36. The molecule has 0 aliphatic heterocycles. The number of non-ortho nitro benzene ring substituents is 1. The van der Waals surface area contributed by atoms with Crippen molar-refractivity contribution in [2.24, 2.45) is 5.73 Å².